The molecule has 0 fully saturated rings. The summed E-state index contributed by atoms with van der Waals surface area (Å²) in [6.45, 7) is 9.88. The van der Waals surface area contributed by atoms with Crippen LogP contribution >= 0.6 is 0 Å². The number of rotatable bonds is 9. The number of nitrogens with one attached hydrogen (secondary N) is 1. The van der Waals surface area contributed by atoms with Gasteiger partial charge >= 0.3 is 0 Å². The third-order valence-corrected chi connectivity index (χ3v) is 5.44. The van der Waals surface area contributed by atoms with Gasteiger partial charge in [-0.1, -0.05) is 29.8 Å². The molecule has 0 radical (unpaired) electrons. The van der Waals surface area contributed by atoms with Gasteiger partial charge in [0.15, 0.2) is 0 Å². The number of carbonyl (C=O) groups excluding carboxylic acids is 2. The summed E-state index contributed by atoms with van der Waals surface area (Å²) >= 11 is 0. The summed E-state index contributed by atoms with van der Waals surface area (Å²) in [5.41, 5.74) is 5.09. The first kappa shape index (κ1) is 26.3. The topological polar surface area (TPSA) is 106 Å². The summed E-state index contributed by atoms with van der Waals surface area (Å²) in [4.78, 5) is 32.7. The quantitative estimate of drug-likeness (QED) is 0.339. The average molecular weight is 461 g/mol. The van der Waals surface area contributed by atoms with Crippen LogP contribution in [0.4, 0.5) is 11.4 Å². The number of nitriles is 1. The van der Waals surface area contributed by atoms with Gasteiger partial charge in [-0.25, -0.2) is 0 Å². The lowest BCUT2D eigenvalue weighted by Gasteiger charge is -2.21. The summed E-state index contributed by atoms with van der Waals surface area (Å²) < 4.78 is 1.78. The number of para-hydroxylation sites is 1. The number of anilines is 1. The molecule has 2 aromatic rings. The zero-order valence-corrected chi connectivity index (χ0v) is 20.9. The zero-order valence-electron chi connectivity index (χ0n) is 20.9. The predicted molar refractivity (Wildman–Crippen MR) is 136 cm³/mol. The van der Waals surface area contributed by atoms with Gasteiger partial charge in [0.25, 0.3) is 5.91 Å². The standard InChI is InChI=1S/C26H32N6O2/c1-17(2)12-13-32-20(5)22(14-27)24(31(7)16-33)25(32)26(34)30(6)15-18(3)29-23-11-9-8-10-21(23)19(4)28/h8-12,16,28H,13,15H2,1-7H3. The van der Waals surface area contributed by atoms with E-state index in [1.807, 2.05) is 51.1 Å². The van der Waals surface area contributed by atoms with Crippen LogP contribution in [-0.4, -0.2) is 53.8 Å². The van der Waals surface area contributed by atoms with Gasteiger partial charge in [0.05, 0.1) is 23.5 Å². The zero-order chi connectivity index (χ0) is 25.6. The Balaban J connectivity index is 2.51. The summed E-state index contributed by atoms with van der Waals surface area (Å²) in [5.74, 6) is -0.318. The van der Waals surface area contributed by atoms with E-state index in [1.165, 1.54) is 16.8 Å². The highest BCUT2D eigenvalue weighted by molar-refractivity contribution is 6.05. The highest BCUT2D eigenvalue weighted by Gasteiger charge is 2.29. The molecule has 0 atom stereocenters. The molecule has 1 aromatic carbocycles. The van der Waals surface area contributed by atoms with Crippen molar-refractivity contribution in [3.8, 4) is 6.07 Å². The Labute approximate surface area is 201 Å². The molecule has 0 saturated heterocycles. The lowest BCUT2D eigenvalue weighted by Crippen LogP contribution is -2.34. The fourth-order valence-corrected chi connectivity index (χ4v) is 3.69. The molecule has 8 nitrogen and oxygen atoms in total. The number of benzene rings is 1. The van der Waals surface area contributed by atoms with Gasteiger partial charge in [0.2, 0.25) is 6.41 Å². The summed E-state index contributed by atoms with van der Waals surface area (Å²) in [5, 5.41) is 17.7. The minimum atomic E-state index is -0.318. The van der Waals surface area contributed by atoms with E-state index in [2.05, 4.69) is 11.1 Å². The third-order valence-electron chi connectivity index (χ3n) is 5.44. The molecule has 0 saturated carbocycles. The van der Waals surface area contributed by atoms with E-state index in [0.29, 0.717) is 47.0 Å². The van der Waals surface area contributed by atoms with Crippen LogP contribution < -0.4 is 4.90 Å². The van der Waals surface area contributed by atoms with Crippen molar-refractivity contribution in [1.29, 1.82) is 10.7 Å². The van der Waals surface area contributed by atoms with Crippen molar-refractivity contribution in [1.82, 2.24) is 9.47 Å². The predicted octanol–water partition coefficient (Wildman–Crippen LogP) is 4.48. The van der Waals surface area contributed by atoms with E-state index >= 15 is 0 Å². The Morgan fingerprint density at radius 2 is 1.85 bits per heavy atom. The second kappa shape index (κ2) is 11.2. The maximum absolute atomic E-state index is 13.6. The number of amides is 2. The maximum Gasteiger partial charge on any atom is 0.272 e. The molecular weight excluding hydrogens is 428 g/mol. The molecule has 178 valence electrons. The molecule has 1 N–H and O–H groups in total. The van der Waals surface area contributed by atoms with E-state index < -0.39 is 0 Å². The van der Waals surface area contributed by atoms with Gasteiger partial charge < -0.3 is 19.8 Å². The Hall–Kier alpha value is -3.99. The molecule has 1 heterocycles. The number of allylic oxidation sites excluding steroid dienone is 2. The first-order valence-electron chi connectivity index (χ1n) is 10.9. The van der Waals surface area contributed by atoms with Crippen LogP contribution in [0.25, 0.3) is 0 Å². The molecule has 1 aromatic heterocycles. The van der Waals surface area contributed by atoms with Crippen LogP contribution in [0, 0.1) is 23.7 Å². The van der Waals surface area contributed by atoms with E-state index in [9.17, 15) is 14.9 Å². The molecule has 0 bridgehead atoms. The largest absolute Gasteiger partial charge is 0.335 e. The number of hydrogen-bond acceptors (Lipinski definition) is 5. The van der Waals surface area contributed by atoms with Crippen LogP contribution in [0.2, 0.25) is 0 Å². The third kappa shape index (κ3) is 5.67. The Morgan fingerprint density at radius 1 is 1.21 bits per heavy atom. The van der Waals surface area contributed by atoms with Crippen molar-refractivity contribution in [3.63, 3.8) is 0 Å². The van der Waals surface area contributed by atoms with Crippen molar-refractivity contribution < 1.29 is 9.59 Å². The van der Waals surface area contributed by atoms with Crippen molar-refractivity contribution in [3.05, 3.63) is 58.4 Å². The van der Waals surface area contributed by atoms with Gasteiger partial charge in [0, 0.05) is 43.3 Å². The Bertz CT molecular complexity index is 1210. The molecular formula is C26H32N6O2. The molecule has 0 spiro atoms. The fourth-order valence-electron chi connectivity index (χ4n) is 3.69. The molecule has 8 heteroatoms. The average Bonchev–Trinajstić information content (AvgIpc) is 3.07. The Morgan fingerprint density at radius 3 is 2.41 bits per heavy atom. The lowest BCUT2D eigenvalue weighted by atomic mass is 10.1. The van der Waals surface area contributed by atoms with Crippen LogP contribution in [0.3, 0.4) is 0 Å². The summed E-state index contributed by atoms with van der Waals surface area (Å²) in [7, 11) is 3.20. The van der Waals surface area contributed by atoms with Crippen LogP contribution in [0.5, 0.6) is 0 Å². The lowest BCUT2D eigenvalue weighted by molar-refractivity contribution is -0.107. The highest BCUT2D eigenvalue weighted by atomic mass is 16.2. The molecule has 0 aliphatic carbocycles. The highest BCUT2D eigenvalue weighted by Crippen LogP contribution is 2.31. The molecule has 0 unspecified atom stereocenters. The van der Waals surface area contributed by atoms with Gasteiger partial charge in [-0.2, -0.15) is 5.26 Å². The van der Waals surface area contributed by atoms with E-state index in [4.69, 9.17) is 5.41 Å². The van der Waals surface area contributed by atoms with Crippen molar-refractivity contribution in [2.24, 2.45) is 4.99 Å². The molecule has 0 aliphatic heterocycles. The minimum absolute atomic E-state index is 0.239. The number of aliphatic imine (C=N–C) groups is 1. The van der Waals surface area contributed by atoms with Crippen molar-refractivity contribution in [2.45, 2.75) is 41.2 Å². The van der Waals surface area contributed by atoms with Crippen LogP contribution in [0.1, 0.15) is 55.0 Å². The van der Waals surface area contributed by atoms with E-state index in [-0.39, 0.29) is 18.1 Å². The molecule has 0 aliphatic rings. The number of aromatic nitrogens is 1. The summed E-state index contributed by atoms with van der Waals surface area (Å²) in [6.07, 6.45) is 2.57. The van der Waals surface area contributed by atoms with E-state index in [0.717, 1.165) is 11.1 Å². The second-order valence-electron chi connectivity index (χ2n) is 8.53. The number of nitrogens with zero attached hydrogens (tertiary/aromatic N) is 5. The first-order valence-corrected chi connectivity index (χ1v) is 10.9. The fraction of sp³-hybridized carbons (Fsp3) is 0.346. The normalized spacial score (nSPS) is 10.9. The van der Waals surface area contributed by atoms with Crippen molar-refractivity contribution >= 4 is 35.1 Å². The monoisotopic (exact) mass is 460 g/mol. The summed E-state index contributed by atoms with van der Waals surface area (Å²) in [6, 6.07) is 9.55. The molecule has 34 heavy (non-hydrogen) atoms. The van der Waals surface area contributed by atoms with Gasteiger partial charge in [-0.3, -0.25) is 14.6 Å². The van der Waals surface area contributed by atoms with Crippen LogP contribution in [-0.2, 0) is 11.3 Å². The smallest absolute Gasteiger partial charge is 0.272 e. The molecule has 2 amide bonds. The van der Waals surface area contributed by atoms with Crippen LogP contribution in [0.15, 0.2) is 40.9 Å². The minimum Gasteiger partial charge on any atom is -0.335 e. The van der Waals surface area contributed by atoms with Crippen molar-refractivity contribution in [2.75, 3.05) is 25.5 Å². The molecule has 2 rings (SSSR count). The first-order chi connectivity index (χ1) is 16.0. The Kier molecular flexibility index (Phi) is 8.68. The van der Waals surface area contributed by atoms with Gasteiger partial charge in [-0.15, -0.1) is 0 Å². The number of hydrogen-bond donors (Lipinski definition) is 1. The number of carbonyl (C=O) groups is 2. The van der Waals surface area contributed by atoms with Gasteiger partial charge in [-0.05, 0) is 40.7 Å². The SMILES string of the molecule is CC(=N)c1ccccc1N=C(C)CN(C)C(=O)c1c(N(C)C=O)c(C#N)c(C)n1CC=C(C)C. The second-order valence-corrected chi connectivity index (χ2v) is 8.53. The maximum atomic E-state index is 13.6. The van der Waals surface area contributed by atoms with E-state index in [1.54, 1.807) is 25.5 Å². The van der Waals surface area contributed by atoms with Gasteiger partial charge in [0.1, 0.15) is 11.8 Å².